The molecular formula is C14H18N2O4. The summed E-state index contributed by atoms with van der Waals surface area (Å²) in [6, 6.07) is 4.36. The van der Waals surface area contributed by atoms with Crippen molar-refractivity contribution >= 4 is 23.3 Å². The van der Waals surface area contributed by atoms with Crippen molar-refractivity contribution in [1.82, 2.24) is 0 Å². The Bertz CT molecular complexity index is 524. The quantitative estimate of drug-likeness (QED) is 0.814. The summed E-state index contributed by atoms with van der Waals surface area (Å²) in [5.41, 5.74) is 6.74. The maximum Gasteiger partial charge on any atom is 0.335 e. The predicted octanol–water partition coefficient (Wildman–Crippen LogP) is 1.36. The molecule has 1 amide bonds. The first kappa shape index (κ1) is 14.3. The molecule has 1 heterocycles. The highest BCUT2D eigenvalue weighted by atomic mass is 16.5. The summed E-state index contributed by atoms with van der Waals surface area (Å²) in [7, 11) is 1.64. The fourth-order valence-electron chi connectivity index (χ4n) is 2.32. The zero-order valence-electron chi connectivity index (χ0n) is 11.3. The van der Waals surface area contributed by atoms with Crippen molar-refractivity contribution in [2.24, 2.45) is 5.92 Å². The smallest absolute Gasteiger partial charge is 0.335 e. The van der Waals surface area contributed by atoms with E-state index < -0.39 is 5.97 Å². The fourth-order valence-corrected chi connectivity index (χ4v) is 2.32. The number of nitrogens with zero attached hydrogens (tertiary/aromatic N) is 1. The number of rotatable bonds is 3. The number of amides is 1. The maximum atomic E-state index is 12.3. The number of hydrogen-bond acceptors (Lipinski definition) is 4. The molecule has 20 heavy (non-hydrogen) atoms. The van der Waals surface area contributed by atoms with Crippen LogP contribution in [0, 0.1) is 5.92 Å². The minimum atomic E-state index is -1.04. The van der Waals surface area contributed by atoms with Gasteiger partial charge in [-0.1, -0.05) is 0 Å². The molecule has 0 saturated carbocycles. The lowest BCUT2D eigenvalue weighted by Gasteiger charge is -2.27. The standard InChI is InChI=1S/C14H18N2O4/c1-16(13(17)10-3-2-6-20-8-10)12-5-4-9(14(18)19)7-11(12)15/h4-5,7,10H,2-3,6,8,15H2,1H3,(H,18,19). The predicted molar refractivity (Wildman–Crippen MR) is 74.8 cm³/mol. The molecular weight excluding hydrogens is 260 g/mol. The van der Waals surface area contributed by atoms with E-state index in [4.69, 9.17) is 15.6 Å². The van der Waals surface area contributed by atoms with Crippen molar-refractivity contribution in [3.63, 3.8) is 0 Å². The third kappa shape index (κ3) is 2.91. The third-order valence-corrected chi connectivity index (χ3v) is 3.48. The molecule has 3 N–H and O–H groups in total. The average molecular weight is 278 g/mol. The summed E-state index contributed by atoms with van der Waals surface area (Å²) >= 11 is 0. The summed E-state index contributed by atoms with van der Waals surface area (Å²) in [6.07, 6.45) is 1.67. The van der Waals surface area contributed by atoms with Crippen LogP contribution in [0.25, 0.3) is 0 Å². The fraction of sp³-hybridized carbons (Fsp3) is 0.429. The molecule has 1 unspecified atom stereocenters. The zero-order valence-corrected chi connectivity index (χ0v) is 11.3. The SMILES string of the molecule is CN(C(=O)C1CCCOC1)c1ccc(C(=O)O)cc1N. The molecule has 0 bridgehead atoms. The molecule has 1 aromatic rings. The minimum Gasteiger partial charge on any atom is -0.478 e. The number of carbonyl (C=O) groups excluding carboxylic acids is 1. The molecule has 108 valence electrons. The Balaban J connectivity index is 2.17. The van der Waals surface area contributed by atoms with E-state index in [9.17, 15) is 9.59 Å². The van der Waals surface area contributed by atoms with Crippen LogP contribution in [0.15, 0.2) is 18.2 Å². The van der Waals surface area contributed by atoms with Gasteiger partial charge >= 0.3 is 5.97 Å². The summed E-state index contributed by atoms with van der Waals surface area (Å²) in [6.45, 7) is 1.12. The second-order valence-electron chi connectivity index (χ2n) is 4.89. The van der Waals surface area contributed by atoms with Gasteiger partial charge in [0.05, 0.1) is 29.5 Å². The summed E-state index contributed by atoms with van der Waals surface area (Å²) in [5.74, 6) is -1.26. The number of benzene rings is 1. The van der Waals surface area contributed by atoms with Crippen LogP contribution in [-0.2, 0) is 9.53 Å². The van der Waals surface area contributed by atoms with E-state index in [1.807, 2.05) is 0 Å². The normalized spacial score (nSPS) is 18.6. The number of anilines is 2. The molecule has 6 nitrogen and oxygen atoms in total. The van der Waals surface area contributed by atoms with E-state index >= 15 is 0 Å². The first-order chi connectivity index (χ1) is 9.50. The van der Waals surface area contributed by atoms with Crippen LogP contribution in [0.2, 0.25) is 0 Å². The Hall–Kier alpha value is -2.08. The lowest BCUT2D eigenvalue weighted by molar-refractivity contribution is -0.125. The van der Waals surface area contributed by atoms with E-state index in [1.165, 1.54) is 17.0 Å². The van der Waals surface area contributed by atoms with Crippen molar-refractivity contribution in [1.29, 1.82) is 0 Å². The van der Waals surface area contributed by atoms with E-state index in [0.717, 1.165) is 12.8 Å². The van der Waals surface area contributed by atoms with Gasteiger partial charge in [-0.05, 0) is 31.0 Å². The average Bonchev–Trinajstić information content (AvgIpc) is 2.46. The van der Waals surface area contributed by atoms with Crippen molar-refractivity contribution in [2.75, 3.05) is 30.9 Å². The first-order valence-electron chi connectivity index (χ1n) is 6.49. The number of carbonyl (C=O) groups is 2. The monoisotopic (exact) mass is 278 g/mol. The van der Waals surface area contributed by atoms with Crippen LogP contribution in [0.4, 0.5) is 11.4 Å². The number of carboxylic acid groups (broad SMARTS) is 1. The van der Waals surface area contributed by atoms with Crippen molar-refractivity contribution in [2.45, 2.75) is 12.8 Å². The molecule has 1 fully saturated rings. The lowest BCUT2D eigenvalue weighted by Crippen LogP contribution is -2.37. The highest BCUT2D eigenvalue weighted by Crippen LogP contribution is 2.26. The van der Waals surface area contributed by atoms with Crippen LogP contribution in [0.3, 0.4) is 0 Å². The number of nitrogen functional groups attached to an aromatic ring is 1. The Labute approximate surface area is 117 Å². The molecule has 0 radical (unpaired) electrons. The minimum absolute atomic E-state index is 0.0560. The van der Waals surface area contributed by atoms with Gasteiger partial charge in [0, 0.05) is 13.7 Å². The van der Waals surface area contributed by atoms with Gasteiger partial charge in [-0.3, -0.25) is 4.79 Å². The lowest BCUT2D eigenvalue weighted by atomic mass is 10.0. The number of carboxylic acids is 1. The molecule has 1 saturated heterocycles. The molecule has 0 aromatic heterocycles. The Kier molecular flexibility index (Phi) is 4.24. The first-order valence-corrected chi connectivity index (χ1v) is 6.49. The molecule has 1 aromatic carbocycles. The molecule has 0 spiro atoms. The van der Waals surface area contributed by atoms with E-state index in [-0.39, 0.29) is 23.1 Å². The van der Waals surface area contributed by atoms with E-state index in [2.05, 4.69) is 0 Å². The maximum absolute atomic E-state index is 12.3. The second kappa shape index (κ2) is 5.92. The van der Waals surface area contributed by atoms with Crippen molar-refractivity contribution in [3.05, 3.63) is 23.8 Å². The summed E-state index contributed by atoms with van der Waals surface area (Å²) in [5, 5.41) is 8.90. The molecule has 0 aliphatic carbocycles. The second-order valence-corrected chi connectivity index (χ2v) is 4.89. The van der Waals surface area contributed by atoms with Crippen LogP contribution in [-0.4, -0.2) is 37.2 Å². The van der Waals surface area contributed by atoms with E-state index in [1.54, 1.807) is 13.1 Å². The number of aromatic carboxylic acids is 1. The molecule has 1 atom stereocenters. The summed E-state index contributed by atoms with van der Waals surface area (Å²) < 4.78 is 5.31. The van der Waals surface area contributed by atoms with Crippen molar-refractivity contribution < 1.29 is 19.4 Å². The van der Waals surface area contributed by atoms with Gasteiger partial charge in [0.2, 0.25) is 5.91 Å². The summed E-state index contributed by atoms with van der Waals surface area (Å²) in [4.78, 5) is 24.7. The highest BCUT2D eigenvalue weighted by Gasteiger charge is 2.26. The Morgan fingerprint density at radius 3 is 2.75 bits per heavy atom. The van der Waals surface area contributed by atoms with Gasteiger partial charge in [0.15, 0.2) is 0 Å². The van der Waals surface area contributed by atoms with Gasteiger partial charge in [0.1, 0.15) is 0 Å². The molecule has 1 aliphatic rings. The van der Waals surface area contributed by atoms with Crippen LogP contribution in [0.5, 0.6) is 0 Å². The number of nitrogens with two attached hydrogens (primary N) is 1. The van der Waals surface area contributed by atoms with E-state index in [0.29, 0.717) is 18.9 Å². The van der Waals surface area contributed by atoms with Crippen LogP contribution < -0.4 is 10.6 Å². The highest BCUT2D eigenvalue weighted by molar-refractivity contribution is 5.99. The van der Waals surface area contributed by atoms with Crippen LogP contribution >= 0.6 is 0 Å². The third-order valence-electron chi connectivity index (χ3n) is 3.48. The van der Waals surface area contributed by atoms with Crippen LogP contribution in [0.1, 0.15) is 23.2 Å². The van der Waals surface area contributed by atoms with Gasteiger partial charge in [-0.25, -0.2) is 4.79 Å². The molecule has 2 rings (SSSR count). The van der Waals surface area contributed by atoms with Gasteiger partial charge in [-0.15, -0.1) is 0 Å². The topological polar surface area (TPSA) is 92.9 Å². The van der Waals surface area contributed by atoms with Crippen molar-refractivity contribution in [3.8, 4) is 0 Å². The van der Waals surface area contributed by atoms with Gasteiger partial charge < -0.3 is 20.5 Å². The number of hydrogen-bond donors (Lipinski definition) is 2. The number of ether oxygens (including phenoxy) is 1. The Morgan fingerprint density at radius 1 is 1.45 bits per heavy atom. The van der Waals surface area contributed by atoms with Gasteiger partial charge in [0.25, 0.3) is 0 Å². The van der Waals surface area contributed by atoms with Gasteiger partial charge in [-0.2, -0.15) is 0 Å². The molecule has 1 aliphatic heterocycles. The zero-order chi connectivity index (χ0) is 14.7. The largest absolute Gasteiger partial charge is 0.478 e. The Morgan fingerprint density at radius 2 is 2.20 bits per heavy atom. The molecule has 6 heteroatoms.